The number of hydrogen-bond donors (Lipinski definition) is 1. The number of rotatable bonds is 3. The molecule has 0 unspecified atom stereocenters. The highest BCUT2D eigenvalue weighted by Gasteiger charge is 2.22. The van der Waals surface area contributed by atoms with Gasteiger partial charge in [-0.3, -0.25) is 10.00 Å². The van der Waals surface area contributed by atoms with Crippen molar-refractivity contribution in [3.63, 3.8) is 0 Å². The predicted octanol–water partition coefficient (Wildman–Crippen LogP) is 3.04. The lowest BCUT2D eigenvalue weighted by molar-refractivity contribution is 0.185. The number of piperidine rings is 1. The summed E-state index contributed by atoms with van der Waals surface area (Å²) < 4.78 is 5.42. The predicted molar refractivity (Wildman–Crippen MR) is 69.6 cm³/mol. The van der Waals surface area contributed by atoms with Gasteiger partial charge < -0.3 is 4.42 Å². The van der Waals surface area contributed by atoms with Crippen molar-refractivity contribution in [2.75, 3.05) is 13.1 Å². The first kappa shape index (κ1) is 11.8. The second kappa shape index (κ2) is 5.16. The Hall–Kier alpha value is -1.26. The molecule has 1 saturated heterocycles. The number of aromatic nitrogens is 2. The Morgan fingerprint density at radius 3 is 3.11 bits per heavy atom. The molecule has 1 fully saturated rings. The van der Waals surface area contributed by atoms with Gasteiger partial charge in [-0.05, 0) is 49.2 Å². The summed E-state index contributed by atoms with van der Waals surface area (Å²) in [5.41, 5.74) is 1.23. The molecule has 3 rings (SSSR count). The smallest absolute Gasteiger partial charge is 0.193 e. The molecule has 0 saturated carbocycles. The van der Waals surface area contributed by atoms with Crippen LogP contribution in [0.1, 0.15) is 30.2 Å². The molecule has 0 radical (unpaired) electrons. The maximum atomic E-state index is 5.79. The second-order valence-corrected chi connectivity index (χ2v) is 5.16. The highest BCUT2D eigenvalue weighted by Crippen LogP contribution is 2.26. The van der Waals surface area contributed by atoms with E-state index in [1.54, 1.807) is 6.07 Å². The van der Waals surface area contributed by atoms with E-state index in [0.717, 1.165) is 25.4 Å². The van der Waals surface area contributed by atoms with Crippen LogP contribution in [0.2, 0.25) is 5.22 Å². The molecule has 0 spiro atoms. The summed E-state index contributed by atoms with van der Waals surface area (Å²) in [6.07, 6.45) is 4.25. The molecule has 0 aromatic carbocycles. The third kappa shape index (κ3) is 2.60. The summed E-state index contributed by atoms with van der Waals surface area (Å²) >= 11 is 5.79. The Balaban J connectivity index is 1.63. The molecule has 96 valence electrons. The van der Waals surface area contributed by atoms with Crippen LogP contribution in [0.3, 0.4) is 0 Å². The van der Waals surface area contributed by atoms with Gasteiger partial charge in [0.15, 0.2) is 5.22 Å². The van der Waals surface area contributed by atoms with Crippen molar-refractivity contribution >= 4 is 11.6 Å². The van der Waals surface area contributed by atoms with Gasteiger partial charge in [-0.1, -0.05) is 0 Å². The summed E-state index contributed by atoms with van der Waals surface area (Å²) in [6.45, 7) is 2.99. The van der Waals surface area contributed by atoms with Crippen molar-refractivity contribution in [2.45, 2.75) is 25.3 Å². The molecule has 1 aliphatic rings. The molecule has 3 heterocycles. The van der Waals surface area contributed by atoms with E-state index in [4.69, 9.17) is 16.0 Å². The summed E-state index contributed by atoms with van der Waals surface area (Å²) in [6, 6.07) is 5.81. The van der Waals surface area contributed by atoms with Gasteiger partial charge in [-0.25, -0.2) is 0 Å². The zero-order valence-corrected chi connectivity index (χ0v) is 10.9. The molecule has 1 N–H and O–H groups in total. The SMILES string of the molecule is Clc1ccc(CN2CCC[C@@H](c3ccn[nH]3)C2)o1. The second-order valence-electron chi connectivity index (χ2n) is 4.79. The number of H-pyrrole nitrogens is 1. The van der Waals surface area contributed by atoms with Crippen LogP contribution in [0, 0.1) is 0 Å². The van der Waals surface area contributed by atoms with Crippen molar-refractivity contribution in [1.82, 2.24) is 15.1 Å². The molecule has 0 amide bonds. The Morgan fingerprint density at radius 1 is 1.44 bits per heavy atom. The average molecular weight is 266 g/mol. The van der Waals surface area contributed by atoms with Gasteiger partial charge in [0, 0.05) is 24.4 Å². The van der Waals surface area contributed by atoms with Crippen molar-refractivity contribution < 1.29 is 4.42 Å². The van der Waals surface area contributed by atoms with E-state index in [9.17, 15) is 0 Å². The van der Waals surface area contributed by atoms with Gasteiger partial charge in [0.05, 0.1) is 6.54 Å². The van der Waals surface area contributed by atoms with E-state index in [0.29, 0.717) is 11.1 Å². The number of nitrogens with zero attached hydrogens (tertiary/aromatic N) is 2. The number of hydrogen-bond acceptors (Lipinski definition) is 3. The highest BCUT2D eigenvalue weighted by atomic mass is 35.5. The van der Waals surface area contributed by atoms with Crippen LogP contribution in [-0.4, -0.2) is 28.2 Å². The Labute approximate surface area is 111 Å². The maximum absolute atomic E-state index is 5.79. The molecule has 0 aliphatic carbocycles. The number of halogens is 1. The van der Waals surface area contributed by atoms with Crippen molar-refractivity contribution in [2.24, 2.45) is 0 Å². The standard InChI is InChI=1S/C13H16ClN3O/c14-13-4-3-11(18-13)9-17-7-1-2-10(8-17)12-5-6-15-16-12/h3-6,10H,1-2,7-9H2,(H,15,16)/t10-/m1/s1. The quantitative estimate of drug-likeness (QED) is 0.928. The minimum Gasteiger partial charge on any atom is -0.448 e. The summed E-state index contributed by atoms with van der Waals surface area (Å²) in [4.78, 5) is 2.41. The molecule has 0 bridgehead atoms. The zero-order chi connectivity index (χ0) is 12.4. The van der Waals surface area contributed by atoms with Crippen molar-refractivity contribution in [3.8, 4) is 0 Å². The van der Waals surface area contributed by atoms with E-state index < -0.39 is 0 Å². The first-order valence-corrected chi connectivity index (χ1v) is 6.65. The fourth-order valence-corrected chi connectivity index (χ4v) is 2.77. The summed E-state index contributed by atoms with van der Waals surface area (Å²) in [5.74, 6) is 1.48. The topological polar surface area (TPSA) is 45.1 Å². The van der Waals surface area contributed by atoms with Crippen LogP contribution in [0.15, 0.2) is 28.8 Å². The molecular formula is C13H16ClN3O. The lowest BCUT2D eigenvalue weighted by Gasteiger charge is -2.31. The van der Waals surface area contributed by atoms with E-state index >= 15 is 0 Å². The van der Waals surface area contributed by atoms with Gasteiger partial charge >= 0.3 is 0 Å². The third-order valence-electron chi connectivity index (χ3n) is 3.48. The Morgan fingerprint density at radius 2 is 2.39 bits per heavy atom. The zero-order valence-electron chi connectivity index (χ0n) is 10.1. The number of aromatic amines is 1. The Kier molecular flexibility index (Phi) is 3.39. The van der Waals surface area contributed by atoms with Crippen LogP contribution in [0.25, 0.3) is 0 Å². The normalized spacial score (nSPS) is 21.3. The van der Waals surface area contributed by atoms with Gasteiger partial charge in [-0.2, -0.15) is 5.10 Å². The van der Waals surface area contributed by atoms with Crippen molar-refractivity contribution in [1.29, 1.82) is 0 Å². The first-order valence-electron chi connectivity index (χ1n) is 6.27. The van der Waals surface area contributed by atoms with E-state index in [-0.39, 0.29) is 0 Å². The van der Waals surface area contributed by atoms with E-state index in [1.807, 2.05) is 12.3 Å². The van der Waals surface area contributed by atoms with Crippen LogP contribution in [0.5, 0.6) is 0 Å². The Bertz CT molecular complexity index is 494. The van der Waals surface area contributed by atoms with Crippen LogP contribution < -0.4 is 0 Å². The summed E-state index contributed by atoms with van der Waals surface area (Å²) in [7, 11) is 0. The highest BCUT2D eigenvalue weighted by molar-refractivity contribution is 6.28. The van der Waals surface area contributed by atoms with Gasteiger partial charge in [0.1, 0.15) is 5.76 Å². The van der Waals surface area contributed by atoms with Gasteiger partial charge in [-0.15, -0.1) is 0 Å². The lowest BCUT2D eigenvalue weighted by Crippen LogP contribution is -2.33. The molecule has 1 aliphatic heterocycles. The molecule has 5 heteroatoms. The summed E-state index contributed by atoms with van der Waals surface area (Å²) in [5, 5.41) is 7.57. The molecular weight excluding hydrogens is 250 g/mol. The van der Waals surface area contributed by atoms with Crippen LogP contribution >= 0.6 is 11.6 Å². The molecule has 2 aromatic heterocycles. The fourth-order valence-electron chi connectivity index (χ4n) is 2.60. The molecule has 1 atom stereocenters. The minimum absolute atomic E-state index is 0.465. The van der Waals surface area contributed by atoms with Gasteiger partial charge in [0.2, 0.25) is 0 Å². The molecule has 18 heavy (non-hydrogen) atoms. The number of likely N-dealkylation sites (tertiary alicyclic amines) is 1. The molecule has 2 aromatic rings. The third-order valence-corrected chi connectivity index (χ3v) is 3.68. The van der Waals surface area contributed by atoms with Gasteiger partial charge in [0.25, 0.3) is 0 Å². The van der Waals surface area contributed by atoms with E-state index in [1.165, 1.54) is 18.5 Å². The van der Waals surface area contributed by atoms with Crippen molar-refractivity contribution in [3.05, 3.63) is 41.1 Å². The first-order chi connectivity index (χ1) is 8.81. The molecule has 4 nitrogen and oxygen atoms in total. The van der Waals surface area contributed by atoms with E-state index in [2.05, 4.69) is 21.2 Å². The average Bonchev–Trinajstić information content (AvgIpc) is 3.01. The monoisotopic (exact) mass is 265 g/mol. The minimum atomic E-state index is 0.465. The maximum Gasteiger partial charge on any atom is 0.193 e. The largest absolute Gasteiger partial charge is 0.448 e. The van der Waals surface area contributed by atoms with Crippen LogP contribution in [0.4, 0.5) is 0 Å². The van der Waals surface area contributed by atoms with Crippen LogP contribution in [-0.2, 0) is 6.54 Å². The fraction of sp³-hybridized carbons (Fsp3) is 0.462. The lowest BCUT2D eigenvalue weighted by atomic mass is 9.95. The number of furan rings is 1. The number of nitrogens with one attached hydrogen (secondary N) is 1.